The van der Waals surface area contributed by atoms with Crippen molar-refractivity contribution in [3.63, 3.8) is 0 Å². The second-order valence-corrected chi connectivity index (χ2v) is 8.42. The summed E-state index contributed by atoms with van der Waals surface area (Å²) in [5.74, 6) is -0.314. The Labute approximate surface area is 172 Å². The molecule has 3 aliphatic rings. The van der Waals surface area contributed by atoms with Crippen LogP contribution < -0.4 is 5.32 Å². The Bertz CT molecular complexity index is 794. The number of alkyl halides is 1. The number of carbonyl (C=O) groups excluding carboxylic acids is 1. The third-order valence-electron chi connectivity index (χ3n) is 5.41. The van der Waals surface area contributed by atoms with E-state index in [2.05, 4.69) is 32.8 Å². The second kappa shape index (κ2) is 8.14. The Kier molecular flexibility index (Phi) is 5.63. The van der Waals surface area contributed by atoms with Crippen LogP contribution in [0.3, 0.4) is 0 Å². The largest absolute Gasteiger partial charge is 0.458 e. The monoisotopic (exact) mass is 480 g/mol. The molecule has 0 amide bonds. The fraction of sp³-hybridized carbons (Fsp3) is 0.381. The van der Waals surface area contributed by atoms with Gasteiger partial charge in [-0.25, -0.2) is 9.18 Å². The van der Waals surface area contributed by atoms with Gasteiger partial charge in [0, 0.05) is 11.6 Å². The van der Waals surface area contributed by atoms with Crippen molar-refractivity contribution in [1.29, 1.82) is 0 Å². The number of fused-ring (bicyclic) bond motifs is 3. The topological polar surface area (TPSA) is 41.6 Å². The fourth-order valence-electron chi connectivity index (χ4n) is 3.95. The van der Waals surface area contributed by atoms with Gasteiger partial charge in [-0.05, 0) is 55.8 Å². The van der Waals surface area contributed by atoms with Crippen molar-refractivity contribution in [2.45, 2.75) is 29.0 Å². The molecule has 6 heteroatoms. The maximum Gasteiger partial charge on any atom is 0.333 e. The molecular weight excluding hydrogens is 458 g/mol. The summed E-state index contributed by atoms with van der Waals surface area (Å²) in [4.78, 5) is 15.5. The van der Waals surface area contributed by atoms with Crippen LogP contribution in [0.15, 0.2) is 54.6 Å². The summed E-state index contributed by atoms with van der Waals surface area (Å²) in [6, 6.07) is 14.9. The molecule has 0 aromatic heterocycles. The molecule has 3 unspecified atom stereocenters. The molecule has 27 heavy (non-hydrogen) atoms. The first-order valence-electron chi connectivity index (χ1n) is 9.27. The lowest BCUT2D eigenvalue weighted by Gasteiger charge is -2.48. The van der Waals surface area contributed by atoms with E-state index in [4.69, 9.17) is 4.74 Å². The molecule has 0 saturated carbocycles. The van der Waals surface area contributed by atoms with Crippen molar-refractivity contribution in [3.8, 4) is 0 Å². The van der Waals surface area contributed by atoms with Crippen LogP contribution in [0.4, 0.5) is 10.1 Å². The lowest BCUT2D eigenvalue weighted by atomic mass is 9.86. The van der Waals surface area contributed by atoms with E-state index in [0.29, 0.717) is 11.5 Å². The van der Waals surface area contributed by atoms with Crippen LogP contribution in [-0.4, -0.2) is 34.1 Å². The number of benzene rings is 2. The number of nitrogens with zero attached hydrogens (tertiary/aromatic N) is 1. The fourth-order valence-corrected chi connectivity index (χ4v) is 5.24. The summed E-state index contributed by atoms with van der Waals surface area (Å²) in [6.07, 6.45) is 2.01. The van der Waals surface area contributed by atoms with Gasteiger partial charge in [0.15, 0.2) is 6.04 Å². The van der Waals surface area contributed by atoms with Crippen molar-refractivity contribution in [2.75, 3.05) is 18.4 Å². The van der Waals surface area contributed by atoms with E-state index in [0.717, 1.165) is 31.6 Å². The Balaban J connectivity index is 1.57. The zero-order chi connectivity index (χ0) is 18.8. The Hall–Kier alpha value is -1.67. The molecule has 2 aromatic rings. The van der Waals surface area contributed by atoms with Crippen molar-refractivity contribution in [1.82, 2.24) is 4.90 Å². The number of esters is 1. The number of hydrogen-bond donors (Lipinski definition) is 1. The number of piperidine rings is 3. The molecule has 142 valence electrons. The smallest absolute Gasteiger partial charge is 0.333 e. The Morgan fingerprint density at radius 3 is 2.56 bits per heavy atom. The van der Waals surface area contributed by atoms with Gasteiger partial charge < -0.3 is 10.1 Å². The number of ether oxygens (including phenoxy) is 1. The summed E-state index contributed by atoms with van der Waals surface area (Å²) in [5, 5.41) is 3.21. The average Bonchev–Trinajstić information content (AvgIpc) is 2.70. The Morgan fingerprint density at radius 2 is 1.89 bits per heavy atom. The minimum absolute atomic E-state index is 0.116. The van der Waals surface area contributed by atoms with Crippen LogP contribution in [0.25, 0.3) is 0 Å². The molecule has 1 N–H and O–H groups in total. The molecule has 5 rings (SSSR count). The normalized spacial score (nSPS) is 27.8. The van der Waals surface area contributed by atoms with Gasteiger partial charge in [-0.15, -0.1) is 0 Å². The number of para-hydroxylation sites is 1. The highest BCUT2D eigenvalue weighted by atomic mass is 127. The van der Waals surface area contributed by atoms with Gasteiger partial charge in [-0.3, -0.25) is 4.90 Å². The van der Waals surface area contributed by atoms with Gasteiger partial charge in [0.05, 0.1) is 4.05 Å². The quantitative estimate of drug-likeness (QED) is 0.299. The number of rotatable bonds is 5. The van der Waals surface area contributed by atoms with Crippen LogP contribution in [0.1, 0.15) is 24.4 Å². The minimum Gasteiger partial charge on any atom is -0.458 e. The maximum absolute atomic E-state index is 13.8. The lowest BCUT2D eigenvalue weighted by molar-refractivity contribution is -0.161. The summed E-state index contributed by atoms with van der Waals surface area (Å²) >= 11 is 2.38. The second-order valence-electron chi connectivity index (χ2n) is 7.15. The summed E-state index contributed by atoms with van der Waals surface area (Å²) in [5.41, 5.74) is 1.36. The van der Waals surface area contributed by atoms with Gasteiger partial charge in [-0.1, -0.05) is 52.9 Å². The molecule has 3 heterocycles. The summed E-state index contributed by atoms with van der Waals surface area (Å²) in [7, 11) is 0. The molecule has 3 aliphatic heterocycles. The predicted octanol–water partition coefficient (Wildman–Crippen LogP) is 4.38. The molecule has 3 atom stereocenters. The highest BCUT2D eigenvalue weighted by molar-refractivity contribution is 14.1. The molecule has 3 saturated heterocycles. The zero-order valence-corrected chi connectivity index (χ0v) is 17.0. The average molecular weight is 480 g/mol. The van der Waals surface area contributed by atoms with Crippen molar-refractivity contribution >= 4 is 34.2 Å². The molecular formula is C21H22FIN2O2. The lowest BCUT2D eigenvalue weighted by Crippen LogP contribution is -2.56. The number of anilines is 1. The van der Waals surface area contributed by atoms with Crippen molar-refractivity contribution < 1.29 is 13.9 Å². The highest BCUT2D eigenvalue weighted by Crippen LogP contribution is 2.38. The Morgan fingerprint density at radius 1 is 1.15 bits per heavy atom. The van der Waals surface area contributed by atoms with Crippen LogP contribution >= 0.6 is 22.6 Å². The number of nitrogens with one attached hydrogen (secondary N) is 1. The molecule has 2 bridgehead atoms. The molecule has 4 nitrogen and oxygen atoms in total. The summed E-state index contributed by atoms with van der Waals surface area (Å²) < 4.78 is 20.0. The van der Waals surface area contributed by atoms with E-state index in [1.165, 1.54) is 12.1 Å². The molecule has 0 aliphatic carbocycles. The zero-order valence-electron chi connectivity index (χ0n) is 14.9. The molecule has 2 aromatic carbocycles. The molecule has 3 fully saturated rings. The first kappa shape index (κ1) is 18.7. The first-order chi connectivity index (χ1) is 13.1. The van der Waals surface area contributed by atoms with Gasteiger partial charge in [0.2, 0.25) is 0 Å². The van der Waals surface area contributed by atoms with Crippen LogP contribution in [-0.2, 0) is 9.53 Å². The number of halogens is 2. The van der Waals surface area contributed by atoms with Crippen molar-refractivity contribution in [3.05, 3.63) is 66.0 Å². The summed E-state index contributed by atoms with van der Waals surface area (Å²) in [6.45, 7) is 2.14. The van der Waals surface area contributed by atoms with Crippen molar-refractivity contribution in [2.24, 2.45) is 5.92 Å². The number of carbonyl (C=O) groups is 1. The van der Waals surface area contributed by atoms with Crippen LogP contribution in [0.2, 0.25) is 0 Å². The van der Waals surface area contributed by atoms with Gasteiger partial charge in [0.1, 0.15) is 11.9 Å². The van der Waals surface area contributed by atoms with Crippen LogP contribution in [0, 0.1) is 11.7 Å². The first-order valence-corrected chi connectivity index (χ1v) is 10.5. The van der Waals surface area contributed by atoms with Gasteiger partial charge >= 0.3 is 5.97 Å². The minimum atomic E-state index is -0.748. The van der Waals surface area contributed by atoms with Gasteiger partial charge in [0.25, 0.3) is 0 Å². The predicted molar refractivity (Wildman–Crippen MR) is 111 cm³/mol. The number of hydrogen-bond acceptors (Lipinski definition) is 4. The third kappa shape index (κ3) is 4.11. The standard InChI is InChI=1S/C21H22FIN2O2/c22-16-6-4-5-15(13-16)18(24-17-7-2-1-3-8-17)21(26)27-19-14-9-11-25(12-10-14)20(19)23/h1-8,13-14,18-20,24H,9-12H2. The van der Waals surface area contributed by atoms with E-state index in [1.54, 1.807) is 12.1 Å². The van der Waals surface area contributed by atoms with Crippen LogP contribution in [0.5, 0.6) is 0 Å². The van der Waals surface area contributed by atoms with Gasteiger partial charge in [-0.2, -0.15) is 0 Å². The highest BCUT2D eigenvalue weighted by Gasteiger charge is 2.44. The van der Waals surface area contributed by atoms with E-state index in [1.807, 2.05) is 30.3 Å². The van der Waals surface area contributed by atoms with E-state index in [-0.39, 0.29) is 21.9 Å². The molecule has 0 radical (unpaired) electrons. The van der Waals surface area contributed by atoms with E-state index >= 15 is 0 Å². The molecule has 0 spiro atoms. The maximum atomic E-state index is 13.8. The third-order valence-corrected chi connectivity index (χ3v) is 6.91. The SMILES string of the molecule is O=C(OC1C2CCN(CC2)C1I)C(Nc1ccccc1)c1cccc(F)c1. The van der Waals surface area contributed by atoms with E-state index in [9.17, 15) is 9.18 Å². The van der Waals surface area contributed by atoms with E-state index < -0.39 is 6.04 Å².